The van der Waals surface area contributed by atoms with Crippen LogP contribution in [0, 0.1) is 0 Å². The van der Waals surface area contributed by atoms with Gasteiger partial charge in [-0.3, -0.25) is 4.79 Å². The molecule has 1 amide bonds. The van der Waals surface area contributed by atoms with Gasteiger partial charge in [-0.1, -0.05) is 30.3 Å². The van der Waals surface area contributed by atoms with Crippen LogP contribution in [-0.2, 0) is 6.42 Å². The van der Waals surface area contributed by atoms with Gasteiger partial charge in [-0.05, 0) is 41.8 Å². The number of carbonyl (C=O) groups is 1. The number of fused-ring (bicyclic) bond motifs is 1. The average molecular weight is 257 g/mol. The highest BCUT2D eigenvalue weighted by Crippen LogP contribution is 2.29. The Kier molecular flexibility index (Phi) is 3.15. The fraction of sp³-hybridized carbons (Fsp3) is 0.267. The van der Waals surface area contributed by atoms with Gasteiger partial charge in [0.15, 0.2) is 0 Å². The quantitative estimate of drug-likeness (QED) is 0.875. The molecule has 0 aliphatic heterocycles. The molecule has 3 heteroatoms. The first-order valence-corrected chi connectivity index (χ1v) is 7.15. The minimum Gasteiger partial charge on any atom is -0.345 e. The first-order valence-electron chi connectivity index (χ1n) is 6.27. The molecule has 2 nitrogen and oxygen atoms in total. The number of benzene rings is 1. The van der Waals surface area contributed by atoms with E-state index in [1.807, 2.05) is 17.5 Å². The summed E-state index contributed by atoms with van der Waals surface area (Å²) in [4.78, 5) is 12.9. The maximum absolute atomic E-state index is 12.1. The van der Waals surface area contributed by atoms with Crippen LogP contribution in [-0.4, -0.2) is 5.91 Å². The summed E-state index contributed by atoms with van der Waals surface area (Å²) in [7, 11) is 0. The summed E-state index contributed by atoms with van der Waals surface area (Å²) in [5.74, 6) is 0.0479. The highest BCUT2D eigenvalue weighted by molar-refractivity contribution is 7.12. The minimum absolute atomic E-state index is 0.0479. The van der Waals surface area contributed by atoms with Gasteiger partial charge in [-0.15, -0.1) is 11.3 Å². The van der Waals surface area contributed by atoms with Gasteiger partial charge in [0, 0.05) is 0 Å². The first kappa shape index (κ1) is 11.5. The lowest BCUT2D eigenvalue weighted by atomic mass is 9.88. The summed E-state index contributed by atoms with van der Waals surface area (Å²) in [6.45, 7) is 0. The summed E-state index contributed by atoms with van der Waals surface area (Å²) in [6.07, 6.45) is 3.31. The predicted octanol–water partition coefficient (Wildman–Crippen LogP) is 3.56. The van der Waals surface area contributed by atoms with Gasteiger partial charge in [0.25, 0.3) is 5.91 Å². The lowest BCUT2D eigenvalue weighted by Gasteiger charge is -2.26. The number of carbonyl (C=O) groups excluding carboxylic acids is 1. The summed E-state index contributed by atoms with van der Waals surface area (Å²) in [5, 5.41) is 5.08. The number of aryl methyl sites for hydroxylation is 1. The van der Waals surface area contributed by atoms with Crippen LogP contribution >= 0.6 is 11.3 Å². The van der Waals surface area contributed by atoms with Crippen LogP contribution in [0.5, 0.6) is 0 Å². The molecule has 1 atom stereocenters. The van der Waals surface area contributed by atoms with Crippen molar-refractivity contribution in [3.05, 3.63) is 57.8 Å². The highest BCUT2D eigenvalue weighted by atomic mass is 32.1. The van der Waals surface area contributed by atoms with E-state index in [-0.39, 0.29) is 11.9 Å². The highest BCUT2D eigenvalue weighted by Gasteiger charge is 2.21. The largest absolute Gasteiger partial charge is 0.345 e. The van der Waals surface area contributed by atoms with Gasteiger partial charge in [0.05, 0.1) is 10.9 Å². The third kappa shape index (κ3) is 2.18. The molecule has 1 N–H and O–H groups in total. The van der Waals surface area contributed by atoms with Crippen molar-refractivity contribution in [2.45, 2.75) is 25.3 Å². The lowest BCUT2D eigenvalue weighted by Crippen LogP contribution is -2.30. The van der Waals surface area contributed by atoms with Crippen molar-refractivity contribution in [3.63, 3.8) is 0 Å². The number of nitrogens with one attached hydrogen (secondary N) is 1. The number of rotatable bonds is 2. The Hall–Kier alpha value is -1.61. The monoisotopic (exact) mass is 257 g/mol. The van der Waals surface area contributed by atoms with E-state index in [0.29, 0.717) is 0 Å². The van der Waals surface area contributed by atoms with Gasteiger partial charge < -0.3 is 5.32 Å². The molecule has 0 radical (unpaired) electrons. The molecular formula is C15H15NOS. The molecule has 1 aliphatic carbocycles. The van der Waals surface area contributed by atoms with Gasteiger partial charge >= 0.3 is 0 Å². The van der Waals surface area contributed by atoms with Crippen LogP contribution in [0.25, 0.3) is 0 Å². The SMILES string of the molecule is O=C(NC1CCCc2ccccc21)c1cccs1. The molecule has 3 rings (SSSR count). The van der Waals surface area contributed by atoms with Crippen LogP contribution in [0.2, 0.25) is 0 Å². The van der Waals surface area contributed by atoms with Crippen LogP contribution in [0.1, 0.15) is 39.7 Å². The number of hydrogen-bond acceptors (Lipinski definition) is 2. The van der Waals surface area contributed by atoms with E-state index in [9.17, 15) is 4.79 Å². The lowest BCUT2D eigenvalue weighted by molar-refractivity contribution is 0.0937. The zero-order valence-corrected chi connectivity index (χ0v) is 10.9. The molecule has 1 heterocycles. The maximum atomic E-state index is 12.1. The molecule has 0 saturated carbocycles. The second-order valence-electron chi connectivity index (χ2n) is 4.59. The Morgan fingerprint density at radius 1 is 1.22 bits per heavy atom. The summed E-state index contributed by atoms with van der Waals surface area (Å²) in [5.41, 5.74) is 2.66. The van der Waals surface area contributed by atoms with Crippen molar-refractivity contribution < 1.29 is 4.79 Å². The van der Waals surface area contributed by atoms with Gasteiger partial charge in [-0.25, -0.2) is 0 Å². The second kappa shape index (κ2) is 4.94. The van der Waals surface area contributed by atoms with Crippen LogP contribution in [0.15, 0.2) is 41.8 Å². The molecule has 0 bridgehead atoms. The Morgan fingerprint density at radius 2 is 2.11 bits per heavy atom. The normalized spacial score (nSPS) is 18.1. The zero-order valence-electron chi connectivity index (χ0n) is 10.1. The van der Waals surface area contributed by atoms with Crippen molar-refractivity contribution in [2.24, 2.45) is 0 Å². The van der Waals surface area contributed by atoms with Crippen molar-refractivity contribution in [1.29, 1.82) is 0 Å². The fourth-order valence-corrected chi connectivity index (χ4v) is 3.17. The molecule has 92 valence electrons. The fourth-order valence-electron chi connectivity index (χ4n) is 2.54. The van der Waals surface area contributed by atoms with Crippen molar-refractivity contribution in [3.8, 4) is 0 Å². The average Bonchev–Trinajstić information content (AvgIpc) is 2.93. The molecule has 0 fully saturated rings. The molecule has 1 unspecified atom stereocenters. The van der Waals surface area contributed by atoms with E-state index >= 15 is 0 Å². The van der Waals surface area contributed by atoms with Crippen molar-refractivity contribution in [1.82, 2.24) is 5.32 Å². The van der Waals surface area contributed by atoms with E-state index in [2.05, 4.69) is 29.6 Å². The molecule has 1 aromatic carbocycles. The standard InChI is InChI=1S/C15H15NOS/c17-15(14-9-4-10-18-14)16-13-8-3-6-11-5-1-2-7-12(11)13/h1-2,4-5,7,9-10,13H,3,6,8H2,(H,16,17). The molecule has 0 spiro atoms. The Balaban J connectivity index is 1.80. The maximum Gasteiger partial charge on any atom is 0.261 e. The molecular weight excluding hydrogens is 242 g/mol. The minimum atomic E-state index is 0.0479. The van der Waals surface area contributed by atoms with Gasteiger partial charge in [0.2, 0.25) is 0 Å². The van der Waals surface area contributed by atoms with Crippen molar-refractivity contribution in [2.75, 3.05) is 0 Å². The first-order chi connectivity index (χ1) is 8.84. The van der Waals surface area contributed by atoms with Crippen molar-refractivity contribution >= 4 is 17.2 Å². The van der Waals surface area contributed by atoms with E-state index in [0.717, 1.165) is 24.1 Å². The summed E-state index contributed by atoms with van der Waals surface area (Å²) in [6, 6.07) is 12.4. The van der Waals surface area contributed by atoms with Crippen LogP contribution in [0.3, 0.4) is 0 Å². The van der Waals surface area contributed by atoms with E-state index in [1.54, 1.807) is 0 Å². The molecule has 1 aromatic heterocycles. The Bertz CT molecular complexity index is 547. The number of thiophene rings is 1. The smallest absolute Gasteiger partial charge is 0.261 e. The molecule has 1 aliphatic rings. The zero-order chi connectivity index (χ0) is 12.4. The number of amides is 1. The van der Waals surface area contributed by atoms with E-state index < -0.39 is 0 Å². The van der Waals surface area contributed by atoms with Crippen LogP contribution in [0.4, 0.5) is 0 Å². The third-order valence-electron chi connectivity index (χ3n) is 3.42. The van der Waals surface area contributed by atoms with E-state index in [1.165, 1.54) is 22.5 Å². The predicted molar refractivity (Wildman–Crippen MR) is 73.9 cm³/mol. The van der Waals surface area contributed by atoms with Crippen LogP contribution < -0.4 is 5.32 Å². The Morgan fingerprint density at radius 3 is 2.94 bits per heavy atom. The summed E-state index contributed by atoms with van der Waals surface area (Å²) < 4.78 is 0. The third-order valence-corrected chi connectivity index (χ3v) is 4.29. The van der Waals surface area contributed by atoms with Gasteiger partial charge in [-0.2, -0.15) is 0 Å². The molecule has 18 heavy (non-hydrogen) atoms. The topological polar surface area (TPSA) is 29.1 Å². The second-order valence-corrected chi connectivity index (χ2v) is 5.54. The molecule has 0 saturated heterocycles. The Labute approximate surface area is 111 Å². The van der Waals surface area contributed by atoms with Gasteiger partial charge in [0.1, 0.15) is 0 Å². The summed E-state index contributed by atoms with van der Waals surface area (Å²) >= 11 is 1.49. The number of hydrogen-bond donors (Lipinski definition) is 1. The van der Waals surface area contributed by atoms with E-state index in [4.69, 9.17) is 0 Å². The molecule has 2 aromatic rings.